The Balaban J connectivity index is 2.38. The fourth-order valence-corrected chi connectivity index (χ4v) is 5.30. The number of hydrogen-bond acceptors (Lipinski definition) is 5. The van der Waals surface area contributed by atoms with Gasteiger partial charge in [-0.25, -0.2) is 13.4 Å². The van der Waals surface area contributed by atoms with E-state index in [0.29, 0.717) is 5.75 Å². The minimum atomic E-state index is -3.10. The summed E-state index contributed by atoms with van der Waals surface area (Å²) in [6.07, 6.45) is 3.11. The van der Waals surface area contributed by atoms with Gasteiger partial charge in [-0.2, -0.15) is 11.8 Å². The lowest BCUT2D eigenvalue weighted by Gasteiger charge is -2.35. The van der Waals surface area contributed by atoms with Crippen LogP contribution < -0.4 is 4.90 Å². The quantitative estimate of drug-likeness (QED) is 0.769. The third-order valence-electron chi connectivity index (χ3n) is 3.11. The number of thioether (sulfide) groups is 1. The van der Waals surface area contributed by atoms with Crippen molar-refractivity contribution >= 4 is 43.3 Å². The molecule has 1 aromatic heterocycles. The number of sulfone groups is 1. The fourth-order valence-electron chi connectivity index (χ4n) is 2.18. The van der Waals surface area contributed by atoms with Crippen molar-refractivity contribution in [2.75, 3.05) is 29.2 Å². The number of hydrogen-bond donors (Lipinski definition) is 0. The zero-order valence-corrected chi connectivity index (χ0v) is 14.2. The van der Waals surface area contributed by atoms with Gasteiger partial charge in [0.1, 0.15) is 11.2 Å². The van der Waals surface area contributed by atoms with E-state index in [1.165, 1.54) is 6.26 Å². The summed E-state index contributed by atoms with van der Waals surface area (Å²) in [5.41, 5.74) is 2.13. The van der Waals surface area contributed by atoms with Crippen molar-refractivity contribution in [3.8, 4) is 0 Å². The van der Waals surface area contributed by atoms with Crippen LogP contribution >= 0.6 is 27.7 Å². The average Bonchev–Trinajstić information content (AvgIpc) is 2.37. The first-order valence-corrected chi connectivity index (χ1v) is 10.2. The number of halogens is 1. The summed E-state index contributed by atoms with van der Waals surface area (Å²) in [6, 6.07) is 2.05. The van der Waals surface area contributed by atoms with E-state index in [0.717, 1.165) is 34.6 Å². The number of pyridine rings is 1. The highest BCUT2D eigenvalue weighted by molar-refractivity contribution is 9.08. The Morgan fingerprint density at radius 3 is 2.89 bits per heavy atom. The molecule has 1 aromatic rings. The predicted octanol–water partition coefficient (Wildman–Crippen LogP) is 2.21. The first-order valence-electron chi connectivity index (χ1n) is 5.98. The van der Waals surface area contributed by atoms with Crippen LogP contribution in [0.2, 0.25) is 0 Å². The zero-order chi connectivity index (χ0) is 14.0. The Kier molecular flexibility index (Phi) is 4.79. The van der Waals surface area contributed by atoms with E-state index >= 15 is 0 Å². The highest BCUT2D eigenvalue weighted by Crippen LogP contribution is 2.28. The molecule has 1 aliphatic rings. The molecule has 2 rings (SSSR count). The molecule has 0 amide bonds. The third-order valence-corrected chi connectivity index (χ3v) is 6.40. The van der Waals surface area contributed by atoms with Crippen molar-refractivity contribution in [1.82, 2.24) is 4.98 Å². The topological polar surface area (TPSA) is 50.3 Å². The van der Waals surface area contributed by atoms with Gasteiger partial charge in [-0.05, 0) is 18.1 Å². The SMILES string of the molecule is Cc1cc(CBr)cnc1N1CCSCC1S(C)(=O)=O. The van der Waals surface area contributed by atoms with Gasteiger partial charge < -0.3 is 4.90 Å². The summed E-state index contributed by atoms with van der Waals surface area (Å²) in [4.78, 5) is 6.39. The standard InChI is InChI=1S/C12H17BrN2O2S2/c1-9-5-10(6-13)7-14-12(9)15-3-4-18-8-11(15)19(2,16)17/h5,7,11H,3-4,6,8H2,1-2H3. The lowest BCUT2D eigenvalue weighted by molar-refractivity contribution is 0.583. The summed E-state index contributed by atoms with van der Waals surface area (Å²) >= 11 is 5.09. The van der Waals surface area contributed by atoms with Gasteiger partial charge in [0.25, 0.3) is 0 Å². The Morgan fingerprint density at radius 2 is 2.32 bits per heavy atom. The molecule has 0 aromatic carbocycles. The monoisotopic (exact) mass is 364 g/mol. The first-order chi connectivity index (χ1) is 8.93. The molecule has 19 heavy (non-hydrogen) atoms. The molecule has 0 spiro atoms. The number of aromatic nitrogens is 1. The molecule has 0 saturated carbocycles. The van der Waals surface area contributed by atoms with Crippen molar-refractivity contribution in [2.24, 2.45) is 0 Å². The minimum absolute atomic E-state index is 0.465. The number of rotatable bonds is 3. The van der Waals surface area contributed by atoms with E-state index in [2.05, 4.69) is 27.0 Å². The molecule has 1 fully saturated rings. The number of anilines is 1. The molecule has 1 saturated heterocycles. The lowest BCUT2D eigenvalue weighted by atomic mass is 10.2. The van der Waals surface area contributed by atoms with Crippen molar-refractivity contribution in [2.45, 2.75) is 17.6 Å². The lowest BCUT2D eigenvalue weighted by Crippen LogP contribution is -2.47. The van der Waals surface area contributed by atoms with Crippen LogP contribution in [0.3, 0.4) is 0 Å². The normalized spacial score (nSPS) is 20.6. The van der Waals surface area contributed by atoms with Crippen LogP contribution in [-0.2, 0) is 15.2 Å². The van der Waals surface area contributed by atoms with Crippen molar-refractivity contribution in [1.29, 1.82) is 0 Å². The van der Waals surface area contributed by atoms with Crippen LogP contribution in [0.1, 0.15) is 11.1 Å². The fraction of sp³-hybridized carbons (Fsp3) is 0.583. The van der Waals surface area contributed by atoms with Gasteiger partial charge in [-0.3, -0.25) is 0 Å². The smallest absolute Gasteiger partial charge is 0.169 e. The van der Waals surface area contributed by atoms with E-state index in [9.17, 15) is 8.42 Å². The van der Waals surface area contributed by atoms with Gasteiger partial charge in [-0.1, -0.05) is 22.0 Å². The second-order valence-corrected chi connectivity index (χ2v) is 8.58. The van der Waals surface area contributed by atoms with Crippen LogP contribution in [0.15, 0.2) is 12.3 Å². The van der Waals surface area contributed by atoms with Crippen LogP contribution in [0, 0.1) is 6.92 Å². The molecule has 2 heterocycles. The number of nitrogens with zero attached hydrogens (tertiary/aromatic N) is 2. The maximum absolute atomic E-state index is 11.9. The molecule has 0 radical (unpaired) electrons. The van der Waals surface area contributed by atoms with Crippen LogP contribution in [0.5, 0.6) is 0 Å². The van der Waals surface area contributed by atoms with Crippen molar-refractivity contribution in [3.05, 3.63) is 23.4 Å². The maximum atomic E-state index is 11.9. The molecule has 0 bridgehead atoms. The summed E-state index contributed by atoms with van der Waals surface area (Å²) in [5.74, 6) is 2.34. The molecule has 1 unspecified atom stereocenters. The Bertz CT molecular complexity index is 563. The zero-order valence-electron chi connectivity index (χ0n) is 11.0. The largest absolute Gasteiger partial charge is 0.338 e. The van der Waals surface area contributed by atoms with Crippen LogP contribution in [0.4, 0.5) is 5.82 Å². The van der Waals surface area contributed by atoms with Gasteiger partial charge in [0.05, 0.1) is 0 Å². The van der Waals surface area contributed by atoms with Gasteiger partial charge in [0.15, 0.2) is 9.84 Å². The first kappa shape index (κ1) is 15.1. The van der Waals surface area contributed by atoms with E-state index in [1.807, 2.05) is 11.8 Å². The molecule has 4 nitrogen and oxygen atoms in total. The minimum Gasteiger partial charge on any atom is -0.338 e. The van der Waals surface area contributed by atoms with Crippen LogP contribution in [-0.4, -0.2) is 43.1 Å². The second-order valence-electron chi connectivity index (χ2n) is 4.67. The Labute approximate surface area is 127 Å². The molecule has 0 N–H and O–H groups in total. The van der Waals surface area contributed by atoms with E-state index in [-0.39, 0.29) is 0 Å². The molecule has 1 aliphatic heterocycles. The summed E-state index contributed by atoms with van der Waals surface area (Å²) in [6.45, 7) is 2.71. The second kappa shape index (κ2) is 6.01. The van der Waals surface area contributed by atoms with Crippen molar-refractivity contribution < 1.29 is 8.42 Å². The third kappa shape index (κ3) is 3.44. The summed E-state index contributed by atoms with van der Waals surface area (Å²) < 4.78 is 23.8. The summed E-state index contributed by atoms with van der Waals surface area (Å²) in [7, 11) is -3.10. The van der Waals surface area contributed by atoms with Gasteiger partial charge in [0, 0.05) is 35.8 Å². The maximum Gasteiger partial charge on any atom is 0.169 e. The molecule has 7 heteroatoms. The van der Waals surface area contributed by atoms with E-state index in [4.69, 9.17) is 0 Å². The van der Waals surface area contributed by atoms with E-state index in [1.54, 1.807) is 18.0 Å². The number of aryl methyl sites for hydroxylation is 1. The van der Waals surface area contributed by atoms with Gasteiger partial charge in [0.2, 0.25) is 0 Å². The molecule has 106 valence electrons. The highest BCUT2D eigenvalue weighted by Gasteiger charge is 2.32. The average molecular weight is 365 g/mol. The van der Waals surface area contributed by atoms with Gasteiger partial charge >= 0.3 is 0 Å². The molecular formula is C12H17BrN2O2S2. The van der Waals surface area contributed by atoms with Crippen LogP contribution in [0.25, 0.3) is 0 Å². The molecule has 1 atom stereocenters. The van der Waals surface area contributed by atoms with Gasteiger partial charge in [-0.15, -0.1) is 0 Å². The Morgan fingerprint density at radius 1 is 1.58 bits per heavy atom. The van der Waals surface area contributed by atoms with E-state index < -0.39 is 15.2 Å². The molecular weight excluding hydrogens is 348 g/mol. The number of alkyl halides is 1. The Hall–Kier alpha value is -0.270. The predicted molar refractivity (Wildman–Crippen MR) is 84.9 cm³/mol. The molecule has 0 aliphatic carbocycles. The summed E-state index contributed by atoms with van der Waals surface area (Å²) in [5, 5.41) is 0.291. The van der Waals surface area contributed by atoms with Crippen molar-refractivity contribution in [3.63, 3.8) is 0 Å². The highest BCUT2D eigenvalue weighted by atomic mass is 79.9.